The van der Waals surface area contributed by atoms with Crippen molar-refractivity contribution in [3.05, 3.63) is 11.9 Å². The van der Waals surface area contributed by atoms with Crippen molar-refractivity contribution < 1.29 is 0 Å². The minimum Gasteiger partial charge on any atom is -0.370 e. The van der Waals surface area contributed by atoms with Gasteiger partial charge in [0.2, 0.25) is 0 Å². The third-order valence-electron chi connectivity index (χ3n) is 3.97. The second-order valence-corrected chi connectivity index (χ2v) is 6.10. The zero-order valence-corrected chi connectivity index (χ0v) is 12.7. The number of nitrogens with zero attached hydrogens (tertiary/aromatic N) is 3. The molecule has 1 N–H and O–H groups in total. The maximum absolute atomic E-state index is 4.86. The zero-order valence-electron chi connectivity index (χ0n) is 12.7. The summed E-state index contributed by atoms with van der Waals surface area (Å²) in [6.45, 7) is 6.52. The molecular weight excluding hydrogens is 248 g/mol. The summed E-state index contributed by atoms with van der Waals surface area (Å²) in [4.78, 5) is 12.1. The fraction of sp³-hybridized carbons (Fsp3) is 0.750. The van der Waals surface area contributed by atoms with Gasteiger partial charge in [0.25, 0.3) is 0 Å². The fourth-order valence-electron chi connectivity index (χ4n) is 2.58. The van der Waals surface area contributed by atoms with Crippen LogP contribution in [-0.4, -0.2) is 29.1 Å². The van der Waals surface area contributed by atoms with Crippen LogP contribution in [-0.2, 0) is 0 Å². The third-order valence-corrected chi connectivity index (χ3v) is 3.97. The van der Waals surface area contributed by atoms with Crippen molar-refractivity contribution in [2.45, 2.75) is 64.3 Å². The molecule has 0 radical (unpaired) electrons. The molecule has 2 saturated carbocycles. The van der Waals surface area contributed by atoms with Crippen LogP contribution in [0.3, 0.4) is 0 Å². The van der Waals surface area contributed by atoms with Crippen molar-refractivity contribution in [3.63, 3.8) is 0 Å². The Morgan fingerprint density at radius 2 is 1.95 bits per heavy atom. The second-order valence-electron chi connectivity index (χ2n) is 6.10. The van der Waals surface area contributed by atoms with Crippen LogP contribution in [0, 0.1) is 0 Å². The molecule has 3 rings (SSSR count). The highest BCUT2D eigenvalue weighted by molar-refractivity contribution is 5.51. The van der Waals surface area contributed by atoms with E-state index >= 15 is 0 Å². The van der Waals surface area contributed by atoms with Gasteiger partial charge in [-0.25, -0.2) is 9.97 Å². The molecular formula is C16H26N4. The van der Waals surface area contributed by atoms with Gasteiger partial charge < -0.3 is 10.2 Å². The summed E-state index contributed by atoms with van der Waals surface area (Å²) < 4.78 is 0. The van der Waals surface area contributed by atoms with E-state index in [4.69, 9.17) is 9.97 Å². The molecule has 0 saturated heterocycles. The normalized spacial score (nSPS) is 18.1. The number of hydrogen-bond acceptors (Lipinski definition) is 4. The van der Waals surface area contributed by atoms with Gasteiger partial charge in [0.1, 0.15) is 17.5 Å². The molecule has 0 bridgehead atoms. The molecule has 4 nitrogen and oxygen atoms in total. The summed E-state index contributed by atoms with van der Waals surface area (Å²) in [5, 5.41) is 3.44. The molecule has 1 aromatic rings. The standard InChI is InChI=1S/C16H26N4/c1-3-9-17-14-11-15(19-16(18-14)12-5-6-12)20(10-4-2)13-7-8-13/h11-13H,3-10H2,1-2H3,(H,17,18,19). The lowest BCUT2D eigenvalue weighted by Crippen LogP contribution is -2.28. The molecule has 1 heterocycles. The van der Waals surface area contributed by atoms with E-state index in [0.29, 0.717) is 5.92 Å². The molecule has 2 aliphatic rings. The van der Waals surface area contributed by atoms with E-state index in [1.807, 2.05) is 0 Å². The highest BCUT2D eigenvalue weighted by Gasteiger charge is 2.32. The fourth-order valence-corrected chi connectivity index (χ4v) is 2.58. The Kier molecular flexibility index (Phi) is 4.08. The van der Waals surface area contributed by atoms with E-state index in [1.165, 1.54) is 32.1 Å². The predicted molar refractivity (Wildman–Crippen MR) is 83.4 cm³/mol. The van der Waals surface area contributed by atoms with Crippen LogP contribution in [0.25, 0.3) is 0 Å². The first-order chi connectivity index (χ1) is 9.81. The van der Waals surface area contributed by atoms with Crippen molar-refractivity contribution in [1.29, 1.82) is 0 Å². The van der Waals surface area contributed by atoms with E-state index in [0.717, 1.165) is 43.0 Å². The Morgan fingerprint density at radius 1 is 1.15 bits per heavy atom. The lowest BCUT2D eigenvalue weighted by atomic mass is 10.3. The van der Waals surface area contributed by atoms with Gasteiger partial charge in [-0.3, -0.25) is 0 Å². The summed E-state index contributed by atoms with van der Waals surface area (Å²) in [6, 6.07) is 2.87. The SMILES string of the molecule is CCCNc1cc(N(CCC)C2CC2)nc(C2CC2)n1. The largest absolute Gasteiger partial charge is 0.370 e. The molecule has 0 atom stereocenters. The highest BCUT2D eigenvalue weighted by Crippen LogP contribution is 2.40. The number of aromatic nitrogens is 2. The molecule has 2 aliphatic carbocycles. The first-order valence-electron chi connectivity index (χ1n) is 8.21. The van der Waals surface area contributed by atoms with Gasteiger partial charge >= 0.3 is 0 Å². The van der Waals surface area contributed by atoms with E-state index in [2.05, 4.69) is 30.1 Å². The molecule has 0 aromatic carbocycles. The zero-order chi connectivity index (χ0) is 13.9. The first kappa shape index (κ1) is 13.7. The second kappa shape index (κ2) is 5.98. The first-order valence-corrected chi connectivity index (χ1v) is 8.21. The van der Waals surface area contributed by atoms with Gasteiger partial charge in [-0.15, -0.1) is 0 Å². The van der Waals surface area contributed by atoms with Gasteiger partial charge in [0.15, 0.2) is 0 Å². The number of hydrogen-bond donors (Lipinski definition) is 1. The molecule has 0 unspecified atom stereocenters. The maximum Gasteiger partial charge on any atom is 0.136 e. The molecule has 110 valence electrons. The predicted octanol–water partition coefficient (Wildman–Crippen LogP) is 3.55. The van der Waals surface area contributed by atoms with Crippen molar-refractivity contribution in [2.24, 2.45) is 0 Å². The third kappa shape index (κ3) is 3.22. The van der Waals surface area contributed by atoms with Crippen molar-refractivity contribution in [2.75, 3.05) is 23.3 Å². The molecule has 1 aromatic heterocycles. The summed E-state index contributed by atoms with van der Waals surface area (Å²) in [5.41, 5.74) is 0. The summed E-state index contributed by atoms with van der Waals surface area (Å²) in [6.07, 6.45) is 7.46. The van der Waals surface area contributed by atoms with Crippen LogP contribution < -0.4 is 10.2 Å². The van der Waals surface area contributed by atoms with Crippen LogP contribution in [0.1, 0.15) is 64.1 Å². The van der Waals surface area contributed by atoms with Crippen molar-refractivity contribution in [1.82, 2.24) is 9.97 Å². The maximum atomic E-state index is 4.86. The van der Waals surface area contributed by atoms with E-state index in [-0.39, 0.29) is 0 Å². The highest BCUT2D eigenvalue weighted by atomic mass is 15.2. The minimum absolute atomic E-state index is 0.611. The lowest BCUT2D eigenvalue weighted by molar-refractivity contribution is 0.741. The molecule has 0 amide bonds. The minimum atomic E-state index is 0.611. The van der Waals surface area contributed by atoms with Gasteiger partial charge in [-0.2, -0.15) is 0 Å². The van der Waals surface area contributed by atoms with Gasteiger partial charge in [-0.1, -0.05) is 13.8 Å². The van der Waals surface area contributed by atoms with E-state index < -0.39 is 0 Å². The molecule has 2 fully saturated rings. The average Bonchev–Trinajstić information content (AvgIpc) is 3.33. The Hall–Kier alpha value is -1.32. The smallest absolute Gasteiger partial charge is 0.136 e. The topological polar surface area (TPSA) is 41.0 Å². The number of anilines is 2. The number of nitrogens with one attached hydrogen (secondary N) is 1. The van der Waals surface area contributed by atoms with Gasteiger partial charge in [0.05, 0.1) is 0 Å². The molecule has 0 aliphatic heterocycles. The Bertz CT molecular complexity index is 452. The van der Waals surface area contributed by atoms with Crippen LogP contribution in [0.4, 0.5) is 11.6 Å². The molecule has 4 heteroatoms. The average molecular weight is 274 g/mol. The van der Waals surface area contributed by atoms with Crippen molar-refractivity contribution >= 4 is 11.6 Å². The van der Waals surface area contributed by atoms with Gasteiger partial charge in [0, 0.05) is 31.1 Å². The Morgan fingerprint density at radius 3 is 2.55 bits per heavy atom. The monoisotopic (exact) mass is 274 g/mol. The van der Waals surface area contributed by atoms with Gasteiger partial charge in [-0.05, 0) is 38.5 Å². The summed E-state index contributed by atoms with van der Waals surface area (Å²) >= 11 is 0. The van der Waals surface area contributed by atoms with Crippen LogP contribution in [0.15, 0.2) is 6.07 Å². The van der Waals surface area contributed by atoms with E-state index in [1.54, 1.807) is 0 Å². The Balaban J connectivity index is 1.84. The van der Waals surface area contributed by atoms with Crippen LogP contribution in [0.2, 0.25) is 0 Å². The quantitative estimate of drug-likeness (QED) is 0.787. The van der Waals surface area contributed by atoms with Crippen molar-refractivity contribution in [3.8, 4) is 0 Å². The molecule has 0 spiro atoms. The summed E-state index contributed by atoms with van der Waals surface area (Å²) in [5.74, 6) is 3.83. The summed E-state index contributed by atoms with van der Waals surface area (Å²) in [7, 11) is 0. The lowest BCUT2D eigenvalue weighted by Gasteiger charge is -2.24. The number of rotatable bonds is 8. The van der Waals surface area contributed by atoms with Crippen LogP contribution in [0.5, 0.6) is 0 Å². The van der Waals surface area contributed by atoms with Crippen LogP contribution >= 0.6 is 0 Å². The molecule has 20 heavy (non-hydrogen) atoms. The van der Waals surface area contributed by atoms with E-state index in [9.17, 15) is 0 Å². The Labute approximate surface area is 122 Å².